The van der Waals surface area contributed by atoms with E-state index in [1.54, 1.807) is 24.3 Å². The number of nitrogens with one attached hydrogen (secondary N) is 1. The molecule has 2 aromatic heterocycles. The fraction of sp³-hybridized carbons (Fsp3) is 0.318. The summed E-state index contributed by atoms with van der Waals surface area (Å²) in [4.78, 5) is 20.9. The Balaban J connectivity index is 1.63. The van der Waals surface area contributed by atoms with Gasteiger partial charge in [0.05, 0.1) is 36.8 Å². The first-order valence-corrected chi connectivity index (χ1v) is 9.75. The zero-order chi connectivity index (χ0) is 22.0. The Bertz CT molecular complexity index is 1120. The fourth-order valence-corrected chi connectivity index (χ4v) is 3.68. The first kappa shape index (κ1) is 20.9. The zero-order valence-corrected chi connectivity index (χ0v) is 16.7. The van der Waals surface area contributed by atoms with E-state index in [4.69, 9.17) is 9.15 Å². The standard InChI is InChI=1S/C22H20F3N3O3/c1-30-17-9-14-8-15(21(29)28-12-19-26-6-7-31-19)11-27-20(14)18(10-17)13-2-4-16(5-3-13)22(23,24)25/h2,6-11,16H,3-5,12H2,1H3,(H,28,29)/t16-/m1/s1. The molecule has 3 aromatic rings. The smallest absolute Gasteiger partial charge is 0.392 e. The minimum absolute atomic E-state index is 0.0370. The van der Waals surface area contributed by atoms with E-state index in [0.717, 1.165) is 11.1 Å². The number of carbonyl (C=O) groups excluding carboxylic acids is 1. The van der Waals surface area contributed by atoms with E-state index in [9.17, 15) is 18.0 Å². The van der Waals surface area contributed by atoms with Crippen LogP contribution in [0.5, 0.6) is 5.75 Å². The molecule has 0 unspecified atom stereocenters. The number of rotatable bonds is 5. The third kappa shape index (κ3) is 4.55. The summed E-state index contributed by atoms with van der Waals surface area (Å²) in [5.74, 6) is -0.741. The van der Waals surface area contributed by atoms with Gasteiger partial charge in [-0.25, -0.2) is 4.98 Å². The molecule has 0 radical (unpaired) electrons. The van der Waals surface area contributed by atoms with Crippen LogP contribution in [0.1, 0.15) is 41.1 Å². The minimum atomic E-state index is -4.19. The van der Waals surface area contributed by atoms with Crippen LogP contribution >= 0.6 is 0 Å². The number of nitrogens with zero attached hydrogens (tertiary/aromatic N) is 2. The second-order valence-corrected chi connectivity index (χ2v) is 7.32. The predicted octanol–water partition coefficient (Wildman–Crippen LogP) is 4.91. The van der Waals surface area contributed by atoms with Gasteiger partial charge in [0.1, 0.15) is 12.0 Å². The number of amides is 1. The molecule has 1 aromatic carbocycles. The van der Waals surface area contributed by atoms with Crippen LogP contribution in [-0.2, 0) is 6.54 Å². The average molecular weight is 431 g/mol. The molecule has 0 saturated heterocycles. The molecule has 0 aliphatic heterocycles. The highest BCUT2D eigenvalue weighted by molar-refractivity contribution is 5.99. The summed E-state index contributed by atoms with van der Waals surface area (Å²) in [6.07, 6.45) is 2.08. The van der Waals surface area contributed by atoms with Gasteiger partial charge in [0.25, 0.3) is 5.91 Å². The summed E-state index contributed by atoms with van der Waals surface area (Å²) in [6, 6.07) is 5.21. The maximum absolute atomic E-state index is 13.0. The van der Waals surface area contributed by atoms with Crippen molar-refractivity contribution in [2.45, 2.75) is 32.0 Å². The topological polar surface area (TPSA) is 77.2 Å². The van der Waals surface area contributed by atoms with Crippen LogP contribution in [0, 0.1) is 5.92 Å². The second-order valence-electron chi connectivity index (χ2n) is 7.32. The lowest BCUT2D eigenvalue weighted by Gasteiger charge is -2.24. The summed E-state index contributed by atoms with van der Waals surface area (Å²) in [5.41, 5.74) is 2.48. The number of fused-ring (bicyclic) bond motifs is 1. The van der Waals surface area contributed by atoms with Gasteiger partial charge < -0.3 is 14.5 Å². The second kappa shape index (κ2) is 8.41. The quantitative estimate of drug-likeness (QED) is 0.621. The normalized spacial score (nSPS) is 16.8. The summed E-state index contributed by atoms with van der Waals surface area (Å²) in [6.45, 7) is 0.139. The van der Waals surface area contributed by atoms with Gasteiger partial charge in [-0.1, -0.05) is 6.08 Å². The molecule has 0 saturated carbocycles. The SMILES string of the molecule is COc1cc(C2=CC[C@@H](C(F)(F)F)CC2)c2ncc(C(=O)NCc3ncco3)cc2c1. The number of aromatic nitrogens is 2. The maximum Gasteiger partial charge on any atom is 0.392 e. The minimum Gasteiger partial charge on any atom is -0.497 e. The molecular weight excluding hydrogens is 411 g/mol. The van der Waals surface area contributed by atoms with Gasteiger partial charge >= 0.3 is 6.18 Å². The largest absolute Gasteiger partial charge is 0.497 e. The number of halogens is 3. The van der Waals surface area contributed by atoms with Crippen molar-refractivity contribution in [3.8, 4) is 5.75 Å². The fourth-order valence-electron chi connectivity index (χ4n) is 3.68. The number of ether oxygens (including phenoxy) is 1. The highest BCUT2D eigenvalue weighted by Crippen LogP contribution is 2.41. The molecule has 1 aliphatic rings. The van der Waals surface area contributed by atoms with E-state index in [1.165, 1.54) is 25.8 Å². The van der Waals surface area contributed by atoms with Crippen molar-refractivity contribution >= 4 is 22.4 Å². The van der Waals surface area contributed by atoms with Gasteiger partial charge in [-0.3, -0.25) is 9.78 Å². The van der Waals surface area contributed by atoms with Crippen molar-refractivity contribution < 1.29 is 27.1 Å². The van der Waals surface area contributed by atoms with E-state index in [1.807, 2.05) is 0 Å². The molecule has 9 heteroatoms. The predicted molar refractivity (Wildman–Crippen MR) is 107 cm³/mol. The van der Waals surface area contributed by atoms with Gasteiger partial charge in [0, 0.05) is 17.1 Å². The summed E-state index contributed by atoms with van der Waals surface area (Å²) < 4.78 is 49.5. The molecule has 6 nitrogen and oxygen atoms in total. The molecular formula is C22H20F3N3O3. The van der Waals surface area contributed by atoms with Crippen LogP contribution in [0.15, 0.2) is 47.3 Å². The molecule has 0 fully saturated rings. The van der Waals surface area contributed by atoms with Crippen LogP contribution < -0.4 is 10.1 Å². The lowest BCUT2D eigenvalue weighted by Crippen LogP contribution is -2.24. The number of oxazole rings is 1. The molecule has 0 bridgehead atoms. The van der Waals surface area contributed by atoms with Crippen molar-refractivity contribution in [2.24, 2.45) is 5.92 Å². The van der Waals surface area contributed by atoms with E-state index in [2.05, 4.69) is 15.3 Å². The number of hydrogen-bond donors (Lipinski definition) is 1. The molecule has 1 amide bonds. The summed E-state index contributed by atoms with van der Waals surface area (Å²) >= 11 is 0. The number of benzene rings is 1. The zero-order valence-electron chi connectivity index (χ0n) is 16.7. The molecule has 1 aliphatic carbocycles. The molecule has 2 heterocycles. The number of hydrogen-bond acceptors (Lipinski definition) is 5. The number of methoxy groups -OCH3 is 1. The third-order valence-electron chi connectivity index (χ3n) is 5.36. The molecule has 31 heavy (non-hydrogen) atoms. The van der Waals surface area contributed by atoms with Crippen LogP contribution in [0.2, 0.25) is 0 Å². The first-order chi connectivity index (χ1) is 14.8. The molecule has 0 spiro atoms. The van der Waals surface area contributed by atoms with Gasteiger partial charge in [0.2, 0.25) is 5.89 Å². The van der Waals surface area contributed by atoms with Crippen LogP contribution in [0.3, 0.4) is 0 Å². The van der Waals surface area contributed by atoms with Crippen molar-refractivity contribution in [2.75, 3.05) is 7.11 Å². The van der Waals surface area contributed by atoms with Gasteiger partial charge in [0.15, 0.2) is 0 Å². The Kier molecular flexibility index (Phi) is 5.67. The Labute approximate surface area is 176 Å². The third-order valence-corrected chi connectivity index (χ3v) is 5.36. The molecule has 1 atom stereocenters. The Morgan fingerprint density at radius 3 is 2.77 bits per heavy atom. The lowest BCUT2D eigenvalue weighted by atomic mass is 9.85. The van der Waals surface area contributed by atoms with Crippen molar-refractivity contribution in [3.05, 3.63) is 59.9 Å². The van der Waals surface area contributed by atoms with Crippen LogP contribution in [-0.4, -0.2) is 29.2 Å². The highest BCUT2D eigenvalue weighted by Gasteiger charge is 2.39. The highest BCUT2D eigenvalue weighted by atomic mass is 19.4. The van der Waals surface area contributed by atoms with Crippen molar-refractivity contribution in [1.29, 1.82) is 0 Å². The van der Waals surface area contributed by atoms with Crippen molar-refractivity contribution in [1.82, 2.24) is 15.3 Å². The number of carbonyl (C=O) groups is 1. The first-order valence-electron chi connectivity index (χ1n) is 9.75. The van der Waals surface area contributed by atoms with Crippen LogP contribution in [0.4, 0.5) is 13.2 Å². The van der Waals surface area contributed by atoms with E-state index < -0.39 is 12.1 Å². The van der Waals surface area contributed by atoms with Gasteiger partial charge in [-0.2, -0.15) is 13.2 Å². The molecule has 4 rings (SSSR count). The Hall–Kier alpha value is -3.36. The monoisotopic (exact) mass is 431 g/mol. The summed E-state index contributed by atoms with van der Waals surface area (Å²) in [7, 11) is 1.51. The molecule has 162 valence electrons. The average Bonchev–Trinajstić information content (AvgIpc) is 3.29. The Morgan fingerprint density at radius 1 is 1.29 bits per heavy atom. The molecule has 1 N–H and O–H groups in total. The number of allylic oxidation sites excluding steroid dienone is 2. The van der Waals surface area contributed by atoms with E-state index >= 15 is 0 Å². The Morgan fingerprint density at radius 2 is 2.13 bits per heavy atom. The van der Waals surface area contributed by atoms with E-state index in [0.29, 0.717) is 34.5 Å². The maximum atomic E-state index is 13.0. The van der Waals surface area contributed by atoms with Gasteiger partial charge in [-0.05, 0) is 43.0 Å². The van der Waals surface area contributed by atoms with Gasteiger partial charge in [-0.15, -0.1) is 0 Å². The van der Waals surface area contributed by atoms with E-state index in [-0.39, 0.29) is 25.3 Å². The lowest BCUT2D eigenvalue weighted by molar-refractivity contribution is -0.175. The number of pyridine rings is 1. The van der Waals surface area contributed by atoms with Crippen molar-refractivity contribution in [3.63, 3.8) is 0 Å². The number of alkyl halides is 3. The summed E-state index contributed by atoms with van der Waals surface area (Å²) in [5, 5.41) is 3.37. The van der Waals surface area contributed by atoms with Crippen LogP contribution in [0.25, 0.3) is 16.5 Å².